The van der Waals surface area contributed by atoms with Crippen LogP contribution in [0.25, 0.3) is 16.5 Å². The number of carbonyl (C=O) groups excluding carboxylic acids is 2. The van der Waals surface area contributed by atoms with Crippen LogP contribution >= 0.6 is 0 Å². The number of aromatic nitrogens is 1. The van der Waals surface area contributed by atoms with E-state index in [1.54, 1.807) is 0 Å². The van der Waals surface area contributed by atoms with Gasteiger partial charge >= 0.3 is 6.03 Å². The molecule has 0 saturated heterocycles. The third-order valence-corrected chi connectivity index (χ3v) is 6.63. The molecule has 1 aliphatic heterocycles. The summed E-state index contributed by atoms with van der Waals surface area (Å²) in [5, 5.41) is 4.07. The van der Waals surface area contributed by atoms with E-state index in [0.29, 0.717) is 26.2 Å². The maximum Gasteiger partial charge on any atom is 0.324 e. The van der Waals surface area contributed by atoms with Crippen LogP contribution in [0.15, 0.2) is 43.1 Å². The predicted molar refractivity (Wildman–Crippen MR) is 133 cm³/mol. The molecule has 2 heterocycles. The van der Waals surface area contributed by atoms with Crippen molar-refractivity contribution < 1.29 is 9.59 Å². The van der Waals surface area contributed by atoms with E-state index in [1.165, 1.54) is 27.0 Å². The molecule has 1 aliphatic carbocycles. The zero-order valence-electron chi connectivity index (χ0n) is 19.9. The maximum atomic E-state index is 13.7. The zero-order chi connectivity index (χ0) is 23.5. The van der Waals surface area contributed by atoms with Gasteiger partial charge in [0.2, 0.25) is 5.91 Å². The van der Waals surface area contributed by atoms with Crippen molar-refractivity contribution in [2.45, 2.75) is 25.8 Å². The van der Waals surface area contributed by atoms with Gasteiger partial charge in [0.1, 0.15) is 0 Å². The van der Waals surface area contributed by atoms with Crippen LogP contribution in [0, 0.1) is 5.92 Å². The molecule has 3 amide bonds. The molecule has 33 heavy (non-hydrogen) atoms. The first-order valence-corrected chi connectivity index (χ1v) is 11.8. The van der Waals surface area contributed by atoms with Crippen molar-refractivity contribution in [3.63, 3.8) is 0 Å². The maximum absolute atomic E-state index is 13.7. The zero-order valence-corrected chi connectivity index (χ0v) is 19.9. The Labute approximate surface area is 196 Å². The Bertz CT molecular complexity index is 1070. The summed E-state index contributed by atoms with van der Waals surface area (Å²) in [5.74, 6) is -0.513. The second kappa shape index (κ2) is 9.93. The van der Waals surface area contributed by atoms with E-state index in [4.69, 9.17) is 0 Å². The van der Waals surface area contributed by atoms with Gasteiger partial charge in [0.15, 0.2) is 0 Å². The molecule has 2 aliphatic rings. The fraction of sp³-hybridized carbons (Fsp3) is 0.462. The fourth-order valence-corrected chi connectivity index (χ4v) is 5.15. The minimum Gasteiger partial charge on any atom is -0.361 e. The van der Waals surface area contributed by atoms with Crippen LogP contribution in [-0.4, -0.2) is 84.5 Å². The van der Waals surface area contributed by atoms with E-state index in [2.05, 4.69) is 57.2 Å². The van der Waals surface area contributed by atoms with E-state index in [9.17, 15) is 9.59 Å². The standard InChI is InChI=1S/C26H35N5O2/c1-5-11-30-17-19(25(32)31(26(33)27-6-2)13-8-12-29(3)4)14-21-20-9-7-10-22-24(20)18(16-28-22)15-23(21)30/h5,7,9-10,14,16,19,23,28H,1,6,8,11-13,15,17H2,2-4H3,(H,27,33)/t19-,23-/m1/s1. The van der Waals surface area contributed by atoms with Gasteiger partial charge in [0.05, 0.1) is 5.92 Å². The van der Waals surface area contributed by atoms with E-state index in [-0.39, 0.29) is 23.9 Å². The highest BCUT2D eigenvalue weighted by atomic mass is 16.2. The quantitative estimate of drug-likeness (QED) is 0.608. The number of aromatic amines is 1. The highest BCUT2D eigenvalue weighted by Gasteiger charge is 2.38. The molecule has 0 unspecified atom stereocenters. The topological polar surface area (TPSA) is 71.7 Å². The van der Waals surface area contributed by atoms with Crippen molar-refractivity contribution in [1.82, 2.24) is 25.0 Å². The summed E-state index contributed by atoms with van der Waals surface area (Å²) < 4.78 is 0. The monoisotopic (exact) mass is 449 g/mol. The molecule has 0 fully saturated rings. The Morgan fingerprint density at radius 1 is 1.30 bits per heavy atom. The van der Waals surface area contributed by atoms with Crippen LogP contribution in [0.3, 0.4) is 0 Å². The number of rotatable bonds is 8. The lowest BCUT2D eigenvalue weighted by Crippen LogP contribution is -2.52. The molecule has 0 bridgehead atoms. The number of hydrogen-bond acceptors (Lipinski definition) is 4. The molecule has 4 rings (SSSR count). The van der Waals surface area contributed by atoms with Gasteiger partial charge in [-0.05, 0) is 63.2 Å². The molecule has 1 aromatic heterocycles. The van der Waals surface area contributed by atoms with Crippen LogP contribution in [0.4, 0.5) is 4.79 Å². The van der Waals surface area contributed by atoms with E-state index in [0.717, 1.165) is 24.9 Å². The molecule has 0 saturated carbocycles. The Morgan fingerprint density at radius 3 is 2.85 bits per heavy atom. The predicted octanol–water partition coefficient (Wildman–Crippen LogP) is 3.10. The lowest BCUT2D eigenvalue weighted by Gasteiger charge is -2.41. The Morgan fingerprint density at radius 2 is 2.12 bits per heavy atom. The van der Waals surface area contributed by atoms with Crippen molar-refractivity contribution in [3.05, 3.63) is 54.3 Å². The van der Waals surface area contributed by atoms with Crippen LogP contribution in [0.2, 0.25) is 0 Å². The summed E-state index contributed by atoms with van der Waals surface area (Å²) in [4.78, 5) is 35.7. The van der Waals surface area contributed by atoms with E-state index in [1.807, 2.05) is 27.1 Å². The molecule has 7 heteroatoms. The SMILES string of the molecule is C=CCN1C[C@H](C(=O)N(CCCN(C)C)C(=O)NCC)C=C2c3cccc4[nH]cc(c34)C[C@H]21. The lowest BCUT2D eigenvalue weighted by atomic mass is 9.79. The molecule has 2 N–H and O–H groups in total. The van der Waals surface area contributed by atoms with Gasteiger partial charge in [-0.3, -0.25) is 14.6 Å². The number of carbonyl (C=O) groups is 2. The number of amides is 3. The van der Waals surface area contributed by atoms with E-state index >= 15 is 0 Å². The summed E-state index contributed by atoms with van der Waals surface area (Å²) in [7, 11) is 3.99. The number of fused-ring (bicyclic) bond motifs is 2. The van der Waals surface area contributed by atoms with Gasteiger partial charge in [-0.25, -0.2) is 4.79 Å². The Hall–Kier alpha value is -2.90. The van der Waals surface area contributed by atoms with Crippen LogP contribution in [0.5, 0.6) is 0 Å². The highest BCUT2D eigenvalue weighted by Crippen LogP contribution is 2.41. The van der Waals surface area contributed by atoms with Gasteiger partial charge in [-0.2, -0.15) is 0 Å². The molecule has 0 spiro atoms. The smallest absolute Gasteiger partial charge is 0.324 e. The Balaban J connectivity index is 1.68. The van der Waals surface area contributed by atoms with Crippen LogP contribution in [-0.2, 0) is 11.2 Å². The Kier molecular flexibility index (Phi) is 7.00. The highest BCUT2D eigenvalue weighted by molar-refractivity contribution is 6.01. The van der Waals surface area contributed by atoms with Gasteiger partial charge < -0.3 is 15.2 Å². The summed E-state index contributed by atoms with van der Waals surface area (Å²) in [6, 6.07) is 6.20. The first-order chi connectivity index (χ1) is 15.9. The number of benzene rings is 1. The normalized spacial score (nSPS) is 19.8. The number of nitrogens with one attached hydrogen (secondary N) is 2. The number of nitrogens with zero attached hydrogens (tertiary/aromatic N) is 3. The largest absolute Gasteiger partial charge is 0.361 e. The molecular formula is C26H35N5O2. The third-order valence-electron chi connectivity index (χ3n) is 6.63. The fourth-order valence-electron chi connectivity index (χ4n) is 5.15. The molecule has 1 aromatic carbocycles. The average Bonchev–Trinajstić information content (AvgIpc) is 3.21. The van der Waals surface area contributed by atoms with Crippen LogP contribution in [0.1, 0.15) is 24.5 Å². The summed E-state index contributed by atoms with van der Waals surface area (Å²) >= 11 is 0. The second-order valence-corrected chi connectivity index (χ2v) is 9.22. The van der Waals surface area contributed by atoms with Gasteiger partial charge in [0.25, 0.3) is 0 Å². The van der Waals surface area contributed by atoms with Gasteiger partial charge in [-0.1, -0.05) is 24.3 Å². The minimum atomic E-state index is -0.381. The molecular weight excluding hydrogens is 414 g/mol. The number of H-pyrrole nitrogens is 1. The summed E-state index contributed by atoms with van der Waals surface area (Å²) in [5.41, 5.74) is 4.81. The van der Waals surface area contributed by atoms with Gasteiger partial charge in [-0.15, -0.1) is 6.58 Å². The number of hydrogen-bond donors (Lipinski definition) is 2. The number of imide groups is 1. The molecule has 2 atom stereocenters. The van der Waals surface area contributed by atoms with Crippen molar-refractivity contribution in [1.29, 1.82) is 0 Å². The first kappa shape index (κ1) is 23.3. The van der Waals surface area contributed by atoms with E-state index < -0.39 is 0 Å². The minimum absolute atomic E-state index is 0.133. The van der Waals surface area contributed by atoms with Crippen molar-refractivity contribution in [2.24, 2.45) is 5.92 Å². The van der Waals surface area contributed by atoms with Crippen molar-refractivity contribution in [2.75, 3.05) is 46.8 Å². The van der Waals surface area contributed by atoms with Crippen molar-refractivity contribution >= 4 is 28.4 Å². The molecule has 0 radical (unpaired) electrons. The lowest BCUT2D eigenvalue weighted by molar-refractivity contribution is -0.131. The second-order valence-electron chi connectivity index (χ2n) is 9.22. The van der Waals surface area contributed by atoms with Gasteiger partial charge in [0, 0.05) is 49.3 Å². The van der Waals surface area contributed by atoms with Crippen LogP contribution < -0.4 is 5.32 Å². The van der Waals surface area contributed by atoms with Crippen molar-refractivity contribution in [3.8, 4) is 0 Å². The first-order valence-electron chi connectivity index (χ1n) is 11.8. The summed E-state index contributed by atoms with van der Waals surface area (Å²) in [6.45, 7) is 8.82. The average molecular weight is 450 g/mol. The molecule has 176 valence electrons. The molecule has 7 nitrogen and oxygen atoms in total. The molecule has 2 aromatic rings. The third kappa shape index (κ3) is 4.61. The number of urea groups is 1. The summed E-state index contributed by atoms with van der Waals surface area (Å²) in [6.07, 6.45) is 7.77.